The second-order valence-corrected chi connectivity index (χ2v) is 9.95. The second-order valence-electron chi connectivity index (χ2n) is 7.98. The normalized spacial score (nSPS) is 15.2. The minimum atomic E-state index is -3.39. The zero-order valence-corrected chi connectivity index (χ0v) is 18.6. The molecule has 6 nitrogen and oxygen atoms in total. The number of hydrogen-bond acceptors (Lipinski definition) is 4. The lowest BCUT2D eigenvalue weighted by molar-refractivity contribution is -0.120. The monoisotopic (exact) mass is 449 g/mol. The van der Waals surface area contributed by atoms with E-state index in [1.807, 2.05) is 84.9 Å². The van der Waals surface area contributed by atoms with Crippen LogP contribution in [-0.4, -0.2) is 31.7 Å². The van der Waals surface area contributed by atoms with E-state index in [4.69, 9.17) is 0 Å². The van der Waals surface area contributed by atoms with Crippen LogP contribution in [0.2, 0.25) is 0 Å². The fourth-order valence-corrected chi connectivity index (χ4v) is 5.44. The summed E-state index contributed by atoms with van der Waals surface area (Å²) >= 11 is 0. The van der Waals surface area contributed by atoms with Gasteiger partial charge in [-0.1, -0.05) is 54.6 Å². The van der Waals surface area contributed by atoms with Gasteiger partial charge in [0.1, 0.15) is 0 Å². The molecule has 2 N–H and O–H groups in total. The standard InChI is InChI=1S/C25H27N3O3S/c29-25(27-24-13-7-12-23(18-24)26-22-10-5-2-6-11-22)21-14-16-28(17-15-21)32(30,31)19-20-8-3-1-4-9-20/h1-13,18,21,26H,14-17,19H2,(H,27,29). The summed E-state index contributed by atoms with van der Waals surface area (Å²) in [6.45, 7) is 0.728. The molecule has 3 aromatic carbocycles. The Morgan fingerprint density at radius 3 is 2.09 bits per heavy atom. The first-order chi connectivity index (χ1) is 15.5. The van der Waals surface area contributed by atoms with Crippen molar-refractivity contribution in [2.45, 2.75) is 18.6 Å². The van der Waals surface area contributed by atoms with Crippen LogP contribution in [0.3, 0.4) is 0 Å². The lowest BCUT2D eigenvalue weighted by Crippen LogP contribution is -2.41. The molecule has 0 spiro atoms. The van der Waals surface area contributed by atoms with Gasteiger partial charge in [0.2, 0.25) is 15.9 Å². The van der Waals surface area contributed by atoms with E-state index in [0.717, 1.165) is 22.6 Å². The van der Waals surface area contributed by atoms with Crippen molar-refractivity contribution < 1.29 is 13.2 Å². The molecule has 0 bridgehead atoms. The molecule has 7 heteroatoms. The third-order valence-electron chi connectivity index (χ3n) is 5.60. The SMILES string of the molecule is O=C(Nc1cccc(Nc2ccccc2)c1)C1CCN(S(=O)(=O)Cc2ccccc2)CC1. The molecular weight excluding hydrogens is 422 g/mol. The number of rotatable bonds is 7. The molecule has 166 valence electrons. The van der Waals surface area contributed by atoms with Gasteiger partial charge in [-0.15, -0.1) is 0 Å². The summed E-state index contributed by atoms with van der Waals surface area (Å²) in [6, 6.07) is 26.6. The van der Waals surface area contributed by atoms with Gasteiger partial charge in [-0.05, 0) is 48.7 Å². The zero-order valence-electron chi connectivity index (χ0n) is 17.8. The van der Waals surface area contributed by atoms with Gasteiger partial charge in [-0.2, -0.15) is 0 Å². The molecule has 1 heterocycles. The summed E-state index contributed by atoms with van der Waals surface area (Å²) in [4.78, 5) is 12.8. The number of amides is 1. The molecule has 0 aromatic heterocycles. The predicted octanol–water partition coefficient (Wildman–Crippen LogP) is 4.61. The maximum absolute atomic E-state index is 12.8. The van der Waals surface area contributed by atoms with Gasteiger partial charge in [0.05, 0.1) is 5.75 Å². The molecule has 4 rings (SSSR count). The van der Waals surface area contributed by atoms with E-state index in [9.17, 15) is 13.2 Å². The van der Waals surface area contributed by atoms with Crippen LogP contribution in [0.1, 0.15) is 18.4 Å². The van der Waals surface area contributed by atoms with Crippen molar-refractivity contribution in [2.24, 2.45) is 5.92 Å². The smallest absolute Gasteiger partial charge is 0.227 e. The van der Waals surface area contributed by atoms with Gasteiger partial charge in [-0.3, -0.25) is 4.79 Å². The van der Waals surface area contributed by atoms with E-state index in [1.165, 1.54) is 4.31 Å². The van der Waals surface area contributed by atoms with Crippen molar-refractivity contribution in [1.82, 2.24) is 4.31 Å². The zero-order chi connectivity index (χ0) is 22.4. The molecule has 0 radical (unpaired) electrons. The number of carbonyl (C=O) groups excluding carboxylic acids is 1. The molecule has 1 aliphatic rings. The summed E-state index contributed by atoms with van der Waals surface area (Å²) in [5, 5.41) is 6.30. The number of anilines is 3. The topological polar surface area (TPSA) is 78.5 Å². The number of nitrogens with zero attached hydrogens (tertiary/aromatic N) is 1. The number of benzene rings is 3. The van der Waals surface area contributed by atoms with Gasteiger partial charge in [0.15, 0.2) is 0 Å². The minimum Gasteiger partial charge on any atom is -0.355 e. The first-order valence-electron chi connectivity index (χ1n) is 10.7. The fraction of sp³-hybridized carbons (Fsp3) is 0.240. The Morgan fingerprint density at radius 1 is 0.812 bits per heavy atom. The largest absolute Gasteiger partial charge is 0.355 e. The maximum atomic E-state index is 12.8. The molecule has 0 atom stereocenters. The van der Waals surface area contributed by atoms with Crippen LogP contribution in [0.4, 0.5) is 17.1 Å². The summed E-state index contributed by atoms with van der Waals surface area (Å²) < 4.78 is 27.0. The molecular formula is C25H27N3O3S. The summed E-state index contributed by atoms with van der Waals surface area (Å²) in [7, 11) is -3.39. The van der Waals surface area contributed by atoms with Crippen LogP contribution in [0.15, 0.2) is 84.9 Å². The van der Waals surface area contributed by atoms with E-state index >= 15 is 0 Å². The summed E-state index contributed by atoms with van der Waals surface area (Å²) in [6.07, 6.45) is 1.03. The number of nitrogens with one attached hydrogen (secondary N) is 2. The van der Waals surface area contributed by atoms with Crippen LogP contribution in [0.5, 0.6) is 0 Å². The number of para-hydroxylation sites is 1. The first kappa shape index (κ1) is 22.0. The Morgan fingerprint density at radius 2 is 1.41 bits per heavy atom. The Bertz CT molecular complexity index is 1140. The number of piperidine rings is 1. The van der Waals surface area contributed by atoms with Gasteiger partial charge in [0, 0.05) is 36.1 Å². The van der Waals surface area contributed by atoms with Crippen molar-refractivity contribution in [2.75, 3.05) is 23.7 Å². The Balaban J connectivity index is 1.31. The van der Waals surface area contributed by atoms with E-state index in [0.29, 0.717) is 25.9 Å². The third-order valence-corrected chi connectivity index (χ3v) is 7.45. The van der Waals surface area contributed by atoms with Crippen LogP contribution >= 0.6 is 0 Å². The molecule has 0 saturated carbocycles. The van der Waals surface area contributed by atoms with Crippen molar-refractivity contribution in [3.05, 3.63) is 90.5 Å². The van der Waals surface area contributed by atoms with Crippen LogP contribution in [0.25, 0.3) is 0 Å². The Labute approximate surface area is 189 Å². The van der Waals surface area contributed by atoms with Crippen LogP contribution in [0, 0.1) is 5.92 Å². The second kappa shape index (κ2) is 9.97. The van der Waals surface area contributed by atoms with Crippen LogP contribution < -0.4 is 10.6 Å². The summed E-state index contributed by atoms with van der Waals surface area (Å²) in [5.41, 5.74) is 3.35. The molecule has 1 fully saturated rings. The van der Waals surface area contributed by atoms with Gasteiger partial charge < -0.3 is 10.6 Å². The lowest BCUT2D eigenvalue weighted by atomic mass is 9.97. The maximum Gasteiger partial charge on any atom is 0.227 e. The molecule has 32 heavy (non-hydrogen) atoms. The average Bonchev–Trinajstić information content (AvgIpc) is 2.80. The van der Waals surface area contributed by atoms with E-state index in [1.54, 1.807) is 0 Å². The van der Waals surface area contributed by atoms with Crippen molar-refractivity contribution >= 4 is 33.0 Å². The molecule has 1 saturated heterocycles. The van der Waals surface area contributed by atoms with E-state index < -0.39 is 10.0 Å². The molecule has 1 aliphatic heterocycles. The van der Waals surface area contributed by atoms with Crippen molar-refractivity contribution in [3.63, 3.8) is 0 Å². The van der Waals surface area contributed by atoms with E-state index in [-0.39, 0.29) is 17.6 Å². The number of sulfonamides is 1. The third kappa shape index (κ3) is 5.75. The highest BCUT2D eigenvalue weighted by molar-refractivity contribution is 7.88. The highest BCUT2D eigenvalue weighted by Gasteiger charge is 2.31. The fourth-order valence-electron chi connectivity index (χ4n) is 3.88. The quantitative estimate of drug-likeness (QED) is 0.552. The van der Waals surface area contributed by atoms with Crippen molar-refractivity contribution in [3.8, 4) is 0 Å². The predicted molar refractivity (Wildman–Crippen MR) is 128 cm³/mol. The molecule has 0 aliphatic carbocycles. The van der Waals surface area contributed by atoms with Gasteiger partial charge in [-0.25, -0.2) is 12.7 Å². The van der Waals surface area contributed by atoms with Gasteiger partial charge in [0.25, 0.3) is 0 Å². The number of hydrogen-bond donors (Lipinski definition) is 2. The highest BCUT2D eigenvalue weighted by Crippen LogP contribution is 2.25. The Hall–Kier alpha value is -3.16. The Kier molecular flexibility index (Phi) is 6.87. The number of carbonyl (C=O) groups is 1. The molecule has 3 aromatic rings. The molecule has 1 amide bonds. The lowest BCUT2D eigenvalue weighted by Gasteiger charge is -2.30. The summed E-state index contributed by atoms with van der Waals surface area (Å²) in [5.74, 6) is -0.280. The first-order valence-corrected chi connectivity index (χ1v) is 12.4. The highest BCUT2D eigenvalue weighted by atomic mass is 32.2. The molecule has 0 unspecified atom stereocenters. The van der Waals surface area contributed by atoms with Gasteiger partial charge >= 0.3 is 0 Å². The average molecular weight is 450 g/mol. The van der Waals surface area contributed by atoms with Crippen LogP contribution in [-0.2, 0) is 20.6 Å². The van der Waals surface area contributed by atoms with E-state index in [2.05, 4.69) is 10.6 Å². The minimum absolute atomic E-state index is 0.00803. The van der Waals surface area contributed by atoms with Crippen molar-refractivity contribution in [1.29, 1.82) is 0 Å².